The van der Waals surface area contributed by atoms with Gasteiger partial charge in [-0.1, -0.05) is 0 Å². The van der Waals surface area contributed by atoms with Crippen molar-refractivity contribution >= 4 is 0 Å². The second-order valence-electron chi connectivity index (χ2n) is 3.41. The van der Waals surface area contributed by atoms with E-state index in [1.165, 1.54) is 17.7 Å². The Hall–Kier alpha value is -1.16. The predicted octanol–water partition coefficient (Wildman–Crippen LogP) is 0.563. The highest BCUT2D eigenvalue weighted by Crippen LogP contribution is 2.26. The molecule has 4 nitrogen and oxygen atoms in total. The molecule has 0 unspecified atom stereocenters. The van der Waals surface area contributed by atoms with E-state index in [1.807, 2.05) is 7.05 Å². The summed E-state index contributed by atoms with van der Waals surface area (Å²) in [7, 11) is 1.91. The van der Waals surface area contributed by atoms with Gasteiger partial charge in [-0.15, -0.1) is 0 Å². The van der Waals surface area contributed by atoms with Gasteiger partial charge in [-0.3, -0.25) is 0 Å². The number of aromatic nitrogens is 2. The monoisotopic (exact) mass is 193 g/mol. The van der Waals surface area contributed by atoms with E-state index in [9.17, 15) is 0 Å². The van der Waals surface area contributed by atoms with Gasteiger partial charge in [0.25, 0.3) is 0 Å². The molecule has 1 aliphatic carbocycles. The van der Waals surface area contributed by atoms with Crippen LogP contribution in [0.3, 0.4) is 0 Å². The molecule has 1 aromatic heterocycles. The van der Waals surface area contributed by atoms with Gasteiger partial charge in [0.2, 0.25) is 5.88 Å². The van der Waals surface area contributed by atoms with Gasteiger partial charge in [0.1, 0.15) is 12.9 Å². The average Bonchev–Trinajstić information content (AvgIpc) is 2.67. The molecule has 0 radical (unpaired) electrons. The summed E-state index contributed by atoms with van der Waals surface area (Å²) in [5, 5.41) is 3.04. The molecule has 0 aromatic carbocycles. The van der Waals surface area contributed by atoms with Gasteiger partial charge in [-0.05, 0) is 26.3 Å². The summed E-state index contributed by atoms with van der Waals surface area (Å²) in [4.78, 5) is 8.40. The number of hydrogen-bond donors (Lipinski definition) is 1. The van der Waals surface area contributed by atoms with Crippen molar-refractivity contribution in [1.29, 1.82) is 0 Å². The Balaban J connectivity index is 2.06. The lowest BCUT2D eigenvalue weighted by atomic mass is 10.2. The average molecular weight is 193 g/mol. The second kappa shape index (κ2) is 4.37. The van der Waals surface area contributed by atoms with Crippen LogP contribution >= 0.6 is 0 Å². The lowest BCUT2D eigenvalue weighted by Crippen LogP contribution is -2.17. The van der Waals surface area contributed by atoms with E-state index in [2.05, 4.69) is 15.3 Å². The van der Waals surface area contributed by atoms with E-state index < -0.39 is 0 Å². The number of hydrogen-bond acceptors (Lipinski definition) is 4. The zero-order valence-electron chi connectivity index (χ0n) is 8.42. The first-order valence-corrected chi connectivity index (χ1v) is 5.02. The third-order valence-corrected chi connectivity index (χ3v) is 2.43. The highest BCUT2D eigenvalue weighted by molar-refractivity contribution is 5.33. The molecule has 14 heavy (non-hydrogen) atoms. The second-order valence-corrected chi connectivity index (χ2v) is 3.41. The fourth-order valence-corrected chi connectivity index (χ4v) is 1.70. The molecule has 1 aliphatic rings. The van der Waals surface area contributed by atoms with Crippen LogP contribution in [0.5, 0.6) is 5.88 Å². The molecule has 4 heteroatoms. The lowest BCUT2D eigenvalue weighted by Gasteiger charge is -2.07. The zero-order valence-corrected chi connectivity index (χ0v) is 8.42. The topological polar surface area (TPSA) is 47.0 Å². The Kier molecular flexibility index (Phi) is 2.93. The first-order valence-electron chi connectivity index (χ1n) is 5.02. The highest BCUT2D eigenvalue weighted by Gasteiger charge is 2.17. The molecular weight excluding hydrogens is 178 g/mol. The van der Waals surface area contributed by atoms with Crippen molar-refractivity contribution in [3.05, 3.63) is 17.6 Å². The third kappa shape index (κ3) is 1.85. The zero-order chi connectivity index (χ0) is 9.80. The molecule has 0 bridgehead atoms. The molecule has 0 fully saturated rings. The molecule has 1 N–H and O–H groups in total. The lowest BCUT2D eigenvalue weighted by molar-refractivity contribution is 0.302. The van der Waals surface area contributed by atoms with Crippen LogP contribution in [0, 0.1) is 0 Å². The maximum absolute atomic E-state index is 5.58. The maximum Gasteiger partial charge on any atom is 0.219 e. The van der Waals surface area contributed by atoms with Crippen molar-refractivity contribution in [2.75, 3.05) is 20.2 Å². The Bertz CT molecular complexity index is 314. The number of ether oxygens (including phenoxy) is 1. The largest absolute Gasteiger partial charge is 0.476 e. The molecule has 0 spiro atoms. The number of aryl methyl sites for hydroxylation is 1. The van der Waals surface area contributed by atoms with Gasteiger partial charge in [-0.2, -0.15) is 0 Å². The molecule has 1 heterocycles. The van der Waals surface area contributed by atoms with Crippen LogP contribution in [0.1, 0.15) is 17.7 Å². The standard InChI is InChI=1S/C10H15N3O/c1-11-5-6-14-10-8-3-2-4-9(8)12-7-13-10/h7,11H,2-6H2,1H3. The Labute approximate surface area is 83.7 Å². The van der Waals surface area contributed by atoms with Gasteiger partial charge >= 0.3 is 0 Å². The van der Waals surface area contributed by atoms with E-state index in [0.717, 1.165) is 25.3 Å². The Morgan fingerprint density at radius 2 is 2.36 bits per heavy atom. The summed E-state index contributed by atoms with van der Waals surface area (Å²) < 4.78 is 5.58. The molecule has 0 atom stereocenters. The fraction of sp³-hybridized carbons (Fsp3) is 0.600. The van der Waals surface area contributed by atoms with Crippen molar-refractivity contribution in [3.8, 4) is 5.88 Å². The minimum absolute atomic E-state index is 0.667. The molecule has 0 amide bonds. The number of fused-ring (bicyclic) bond motifs is 1. The van der Waals surface area contributed by atoms with Crippen LogP contribution in [-0.2, 0) is 12.8 Å². The van der Waals surface area contributed by atoms with Crippen molar-refractivity contribution in [2.45, 2.75) is 19.3 Å². The molecule has 0 aliphatic heterocycles. The maximum atomic E-state index is 5.58. The molecule has 2 rings (SSSR count). The van der Waals surface area contributed by atoms with Crippen LogP contribution in [0.25, 0.3) is 0 Å². The van der Waals surface area contributed by atoms with Gasteiger partial charge < -0.3 is 10.1 Å². The van der Waals surface area contributed by atoms with Gasteiger partial charge in [0.05, 0.1) is 5.69 Å². The number of likely N-dealkylation sites (N-methyl/N-ethyl adjacent to an activating group) is 1. The number of nitrogens with one attached hydrogen (secondary N) is 1. The molecule has 0 saturated heterocycles. The SMILES string of the molecule is CNCCOc1ncnc2c1CCC2. The van der Waals surface area contributed by atoms with E-state index >= 15 is 0 Å². The first kappa shape index (κ1) is 9.40. The Morgan fingerprint density at radius 1 is 1.43 bits per heavy atom. The summed E-state index contributed by atoms with van der Waals surface area (Å²) in [6.07, 6.45) is 4.90. The van der Waals surface area contributed by atoms with E-state index in [-0.39, 0.29) is 0 Å². The van der Waals surface area contributed by atoms with Crippen molar-refractivity contribution in [3.63, 3.8) is 0 Å². The van der Waals surface area contributed by atoms with Crippen LogP contribution < -0.4 is 10.1 Å². The summed E-state index contributed by atoms with van der Waals surface area (Å²) in [6, 6.07) is 0. The van der Waals surface area contributed by atoms with Gasteiger partial charge in [0, 0.05) is 12.1 Å². The normalized spacial score (nSPS) is 14.1. The van der Waals surface area contributed by atoms with Crippen LogP contribution in [0.4, 0.5) is 0 Å². The smallest absolute Gasteiger partial charge is 0.219 e. The minimum atomic E-state index is 0.667. The predicted molar refractivity (Wildman–Crippen MR) is 53.5 cm³/mol. The number of nitrogens with zero attached hydrogens (tertiary/aromatic N) is 2. The molecule has 1 aromatic rings. The van der Waals surface area contributed by atoms with Crippen LogP contribution in [0.2, 0.25) is 0 Å². The van der Waals surface area contributed by atoms with Crippen LogP contribution in [-0.4, -0.2) is 30.2 Å². The summed E-state index contributed by atoms with van der Waals surface area (Å²) in [5.74, 6) is 0.780. The van der Waals surface area contributed by atoms with Crippen molar-refractivity contribution in [2.24, 2.45) is 0 Å². The van der Waals surface area contributed by atoms with Crippen LogP contribution in [0.15, 0.2) is 6.33 Å². The minimum Gasteiger partial charge on any atom is -0.476 e. The van der Waals surface area contributed by atoms with E-state index in [0.29, 0.717) is 6.61 Å². The summed E-state index contributed by atoms with van der Waals surface area (Å²) >= 11 is 0. The third-order valence-electron chi connectivity index (χ3n) is 2.43. The number of rotatable bonds is 4. The van der Waals surface area contributed by atoms with Gasteiger partial charge in [0.15, 0.2) is 0 Å². The highest BCUT2D eigenvalue weighted by atomic mass is 16.5. The summed E-state index contributed by atoms with van der Waals surface area (Å²) in [6.45, 7) is 1.51. The fourth-order valence-electron chi connectivity index (χ4n) is 1.70. The Morgan fingerprint density at radius 3 is 3.21 bits per heavy atom. The molecular formula is C10H15N3O. The van der Waals surface area contributed by atoms with Crippen molar-refractivity contribution < 1.29 is 4.74 Å². The quantitative estimate of drug-likeness (QED) is 0.710. The molecule has 0 saturated carbocycles. The summed E-state index contributed by atoms with van der Waals surface area (Å²) in [5.41, 5.74) is 2.38. The first-order chi connectivity index (χ1) is 6.92. The molecule has 76 valence electrons. The van der Waals surface area contributed by atoms with E-state index in [4.69, 9.17) is 4.74 Å². The van der Waals surface area contributed by atoms with E-state index in [1.54, 1.807) is 6.33 Å². The van der Waals surface area contributed by atoms with Crippen molar-refractivity contribution in [1.82, 2.24) is 15.3 Å². The van der Waals surface area contributed by atoms with Gasteiger partial charge in [-0.25, -0.2) is 9.97 Å².